The van der Waals surface area contributed by atoms with E-state index in [-0.39, 0.29) is 12.1 Å². The van der Waals surface area contributed by atoms with E-state index >= 15 is 0 Å². The summed E-state index contributed by atoms with van der Waals surface area (Å²) in [4.78, 5) is 11.7. The molecule has 0 aromatic heterocycles. The average molecular weight is 248 g/mol. The van der Waals surface area contributed by atoms with E-state index in [0.717, 1.165) is 19.4 Å². The number of carbonyl (C=O) groups excluding carboxylic acids is 1. The van der Waals surface area contributed by atoms with Gasteiger partial charge in [-0.25, -0.2) is 4.79 Å². The fourth-order valence-electron chi connectivity index (χ4n) is 2.06. The highest BCUT2D eigenvalue weighted by Gasteiger charge is 2.14. The molecule has 0 radical (unpaired) electrons. The monoisotopic (exact) mass is 248 g/mol. The highest BCUT2D eigenvalue weighted by atomic mass is 16.2. The third-order valence-electron chi connectivity index (χ3n) is 3.05. The van der Waals surface area contributed by atoms with Gasteiger partial charge in [0.05, 0.1) is 6.04 Å². The van der Waals surface area contributed by atoms with Gasteiger partial charge in [-0.05, 0) is 37.8 Å². The Labute approximate surface area is 110 Å². The van der Waals surface area contributed by atoms with Crippen LogP contribution in [-0.2, 0) is 0 Å². The fourth-order valence-corrected chi connectivity index (χ4v) is 2.06. The molecule has 0 fully saturated rings. The number of carbonyl (C=O) groups is 1. The summed E-state index contributed by atoms with van der Waals surface area (Å²) in [5.41, 5.74) is 3.69. The molecule has 1 atom stereocenters. The summed E-state index contributed by atoms with van der Waals surface area (Å²) in [5, 5.41) is 5.88. The number of nitrogens with one attached hydrogen (secondary N) is 2. The summed E-state index contributed by atoms with van der Waals surface area (Å²) in [6, 6.07) is 6.37. The van der Waals surface area contributed by atoms with Crippen LogP contribution in [0, 0.1) is 13.8 Å². The zero-order valence-corrected chi connectivity index (χ0v) is 11.8. The summed E-state index contributed by atoms with van der Waals surface area (Å²) in [6.45, 7) is 9.02. The molecule has 0 aliphatic heterocycles. The standard InChI is InChI=1S/C15H24N2O/c1-5-9-16-15(18)17-14(6-2)13-8-7-11(3)10-12(13)4/h7-8,10,14H,5-6,9H2,1-4H3,(H2,16,17,18)/t14-/m1/s1. The number of amides is 2. The number of benzene rings is 1. The smallest absolute Gasteiger partial charge is 0.315 e. The molecule has 0 aliphatic rings. The minimum Gasteiger partial charge on any atom is -0.338 e. The summed E-state index contributed by atoms with van der Waals surface area (Å²) in [6.07, 6.45) is 1.84. The van der Waals surface area contributed by atoms with E-state index in [1.807, 2.05) is 6.92 Å². The molecule has 2 N–H and O–H groups in total. The Morgan fingerprint density at radius 3 is 2.56 bits per heavy atom. The van der Waals surface area contributed by atoms with Crippen molar-refractivity contribution in [3.63, 3.8) is 0 Å². The van der Waals surface area contributed by atoms with Gasteiger partial charge in [-0.1, -0.05) is 37.6 Å². The van der Waals surface area contributed by atoms with Crippen molar-refractivity contribution in [3.05, 3.63) is 34.9 Å². The van der Waals surface area contributed by atoms with Gasteiger partial charge in [0.2, 0.25) is 0 Å². The fraction of sp³-hybridized carbons (Fsp3) is 0.533. The van der Waals surface area contributed by atoms with Crippen LogP contribution in [0.4, 0.5) is 4.79 Å². The van der Waals surface area contributed by atoms with Gasteiger partial charge >= 0.3 is 6.03 Å². The van der Waals surface area contributed by atoms with Gasteiger partial charge in [0.1, 0.15) is 0 Å². The molecule has 0 unspecified atom stereocenters. The molecule has 3 heteroatoms. The highest BCUT2D eigenvalue weighted by Crippen LogP contribution is 2.21. The van der Waals surface area contributed by atoms with Crippen LogP contribution in [0.25, 0.3) is 0 Å². The van der Waals surface area contributed by atoms with Crippen LogP contribution in [0.5, 0.6) is 0 Å². The molecular formula is C15H24N2O. The van der Waals surface area contributed by atoms with E-state index in [1.165, 1.54) is 16.7 Å². The Kier molecular flexibility index (Phi) is 5.69. The van der Waals surface area contributed by atoms with Crippen molar-refractivity contribution in [2.45, 2.75) is 46.6 Å². The van der Waals surface area contributed by atoms with Crippen LogP contribution < -0.4 is 10.6 Å². The van der Waals surface area contributed by atoms with Gasteiger partial charge in [-0.2, -0.15) is 0 Å². The largest absolute Gasteiger partial charge is 0.338 e. The lowest BCUT2D eigenvalue weighted by Crippen LogP contribution is -2.38. The summed E-state index contributed by atoms with van der Waals surface area (Å²) in [5.74, 6) is 0. The molecule has 1 aromatic carbocycles. The second-order valence-corrected chi connectivity index (χ2v) is 4.72. The van der Waals surface area contributed by atoms with Crippen molar-refractivity contribution in [3.8, 4) is 0 Å². The molecule has 0 bridgehead atoms. The minimum atomic E-state index is -0.0799. The molecule has 100 valence electrons. The number of urea groups is 1. The van der Waals surface area contributed by atoms with Gasteiger partial charge in [-0.15, -0.1) is 0 Å². The van der Waals surface area contributed by atoms with E-state index in [4.69, 9.17) is 0 Å². The quantitative estimate of drug-likeness (QED) is 0.823. The third-order valence-corrected chi connectivity index (χ3v) is 3.05. The van der Waals surface area contributed by atoms with Crippen molar-refractivity contribution < 1.29 is 4.79 Å². The summed E-state index contributed by atoms with van der Waals surface area (Å²) < 4.78 is 0. The first kappa shape index (κ1) is 14.6. The van der Waals surface area contributed by atoms with Crippen LogP contribution in [0.2, 0.25) is 0 Å². The summed E-state index contributed by atoms with van der Waals surface area (Å²) >= 11 is 0. The Hall–Kier alpha value is -1.51. The van der Waals surface area contributed by atoms with E-state index < -0.39 is 0 Å². The van der Waals surface area contributed by atoms with Crippen molar-refractivity contribution in [1.29, 1.82) is 0 Å². The van der Waals surface area contributed by atoms with Crippen LogP contribution in [-0.4, -0.2) is 12.6 Å². The van der Waals surface area contributed by atoms with E-state index in [1.54, 1.807) is 0 Å². The van der Waals surface area contributed by atoms with E-state index in [2.05, 4.69) is 49.6 Å². The zero-order chi connectivity index (χ0) is 13.5. The van der Waals surface area contributed by atoms with E-state index in [9.17, 15) is 4.79 Å². The second kappa shape index (κ2) is 7.04. The first-order chi connectivity index (χ1) is 8.58. The van der Waals surface area contributed by atoms with Gasteiger partial charge in [0.25, 0.3) is 0 Å². The van der Waals surface area contributed by atoms with Gasteiger partial charge < -0.3 is 10.6 Å². The molecule has 0 heterocycles. The molecule has 1 rings (SSSR count). The van der Waals surface area contributed by atoms with Crippen molar-refractivity contribution >= 4 is 6.03 Å². The highest BCUT2D eigenvalue weighted by molar-refractivity contribution is 5.74. The molecule has 0 saturated carbocycles. The SMILES string of the molecule is CCCNC(=O)N[C@H](CC)c1ccc(C)cc1C. The third kappa shape index (κ3) is 4.06. The normalized spacial score (nSPS) is 12.0. The van der Waals surface area contributed by atoms with Crippen LogP contribution >= 0.6 is 0 Å². The maximum atomic E-state index is 11.7. The molecule has 0 aliphatic carbocycles. The second-order valence-electron chi connectivity index (χ2n) is 4.72. The Bertz CT molecular complexity index is 401. The number of rotatable bonds is 5. The Morgan fingerprint density at radius 2 is 2.00 bits per heavy atom. The lowest BCUT2D eigenvalue weighted by atomic mass is 9.98. The van der Waals surface area contributed by atoms with Gasteiger partial charge in [-0.3, -0.25) is 0 Å². The van der Waals surface area contributed by atoms with Crippen LogP contribution in [0.3, 0.4) is 0 Å². The van der Waals surface area contributed by atoms with Crippen molar-refractivity contribution in [2.24, 2.45) is 0 Å². The number of hydrogen-bond donors (Lipinski definition) is 2. The van der Waals surface area contributed by atoms with E-state index in [0.29, 0.717) is 0 Å². The number of hydrogen-bond acceptors (Lipinski definition) is 1. The average Bonchev–Trinajstić information content (AvgIpc) is 2.34. The zero-order valence-electron chi connectivity index (χ0n) is 11.8. The first-order valence-corrected chi connectivity index (χ1v) is 6.70. The van der Waals surface area contributed by atoms with Crippen molar-refractivity contribution in [2.75, 3.05) is 6.54 Å². The molecule has 0 saturated heterocycles. The predicted molar refractivity (Wildman–Crippen MR) is 75.8 cm³/mol. The molecule has 3 nitrogen and oxygen atoms in total. The number of aryl methyl sites for hydroxylation is 2. The van der Waals surface area contributed by atoms with Crippen LogP contribution in [0.1, 0.15) is 49.4 Å². The molecule has 0 spiro atoms. The predicted octanol–water partition coefficient (Wildman–Crippen LogP) is 3.46. The summed E-state index contributed by atoms with van der Waals surface area (Å²) in [7, 11) is 0. The minimum absolute atomic E-state index is 0.0799. The van der Waals surface area contributed by atoms with Gasteiger partial charge in [0.15, 0.2) is 0 Å². The maximum absolute atomic E-state index is 11.7. The molecular weight excluding hydrogens is 224 g/mol. The van der Waals surface area contributed by atoms with Crippen molar-refractivity contribution in [1.82, 2.24) is 10.6 Å². The topological polar surface area (TPSA) is 41.1 Å². The Morgan fingerprint density at radius 1 is 1.28 bits per heavy atom. The molecule has 2 amide bonds. The first-order valence-electron chi connectivity index (χ1n) is 6.70. The maximum Gasteiger partial charge on any atom is 0.315 e. The molecule has 1 aromatic rings. The van der Waals surface area contributed by atoms with Crippen LogP contribution in [0.15, 0.2) is 18.2 Å². The lowest BCUT2D eigenvalue weighted by molar-refractivity contribution is 0.236. The van der Waals surface area contributed by atoms with Gasteiger partial charge in [0, 0.05) is 6.54 Å². The molecule has 18 heavy (non-hydrogen) atoms. The Balaban J connectivity index is 2.73. The lowest BCUT2D eigenvalue weighted by Gasteiger charge is -2.20.